The van der Waals surface area contributed by atoms with Crippen LogP contribution in [-0.4, -0.2) is 34.6 Å². The third-order valence-electron chi connectivity index (χ3n) is 3.31. The number of aryl methyl sites for hydroxylation is 1. The molecule has 0 bridgehead atoms. The fourth-order valence-electron chi connectivity index (χ4n) is 2.33. The van der Waals surface area contributed by atoms with Gasteiger partial charge in [0.25, 0.3) is 0 Å². The van der Waals surface area contributed by atoms with Gasteiger partial charge in [0, 0.05) is 24.7 Å². The lowest BCUT2D eigenvalue weighted by molar-refractivity contribution is -0.0146. The van der Waals surface area contributed by atoms with Crippen molar-refractivity contribution in [2.45, 2.75) is 19.5 Å². The van der Waals surface area contributed by atoms with Gasteiger partial charge in [-0.25, -0.2) is 4.98 Å². The Morgan fingerprint density at radius 1 is 1.47 bits per heavy atom. The number of thiazole rings is 1. The maximum atomic E-state index is 5.62. The number of rotatable bonds is 3. The summed E-state index contributed by atoms with van der Waals surface area (Å²) in [6.45, 7) is 5.33. The molecular weight excluding hydrogens is 258 g/mol. The maximum Gasteiger partial charge on any atom is 0.0898 e. The van der Waals surface area contributed by atoms with E-state index in [-0.39, 0.29) is 6.04 Å². The summed E-state index contributed by atoms with van der Waals surface area (Å²) in [6.07, 6.45) is 1.85. The van der Waals surface area contributed by atoms with Gasteiger partial charge in [-0.15, -0.1) is 11.3 Å². The Bertz CT molecular complexity index is 528. The van der Waals surface area contributed by atoms with Gasteiger partial charge in [-0.05, 0) is 19.1 Å². The topological polar surface area (TPSA) is 38.2 Å². The number of nitrogens with zero attached hydrogens (tertiary/aromatic N) is 3. The molecule has 3 rings (SSSR count). The molecule has 1 fully saturated rings. The van der Waals surface area contributed by atoms with Crippen molar-refractivity contribution in [2.24, 2.45) is 0 Å². The monoisotopic (exact) mass is 275 g/mol. The Labute approximate surface area is 117 Å². The molecule has 0 spiro atoms. The zero-order chi connectivity index (χ0) is 13.1. The summed E-state index contributed by atoms with van der Waals surface area (Å²) in [6, 6.07) is 6.30. The predicted molar refractivity (Wildman–Crippen MR) is 75.1 cm³/mol. The van der Waals surface area contributed by atoms with Crippen molar-refractivity contribution in [3.8, 4) is 0 Å². The Morgan fingerprint density at radius 2 is 2.42 bits per heavy atom. The van der Waals surface area contributed by atoms with Gasteiger partial charge in [0.2, 0.25) is 0 Å². The van der Waals surface area contributed by atoms with Gasteiger partial charge in [0.05, 0.1) is 35.7 Å². The lowest BCUT2D eigenvalue weighted by atomic mass is 10.1. The molecule has 0 aromatic carbocycles. The van der Waals surface area contributed by atoms with Crippen LogP contribution in [0.2, 0.25) is 0 Å². The van der Waals surface area contributed by atoms with Crippen LogP contribution in [0.1, 0.15) is 22.4 Å². The quantitative estimate of drug-likeness (QED) is 0.862. The molecule has 0 amide bonds. The van der Waals surface area contributed by atoms with Crippen LogP contribution in [0.4, 0.5) is 0 Å². The van der Waals surface area contributed by atoms with Crippen LogP contribution in [0, 0.1) is 6.92 Å². The average Bonchev–Trinajstić information content (AvgIpc) is 2.87. The molecule has 2 aromatic heterocycles. The molecule has 2 aromatic rings. The number of aromatic nitrogens is 2. The highest BCUT2D eigenvalue weighted by Gasteiger charge is 2.26. The van der Waals surface area contributed by atoms with E-state index in [1.165, 1.54) is 0 Å². The number of hydrogen-bond donors (Lipinski definition) is 0. The van der Waals surface area contributed by atoms with Crippen molar-refractivity contribution in [3.63, 3.8) is 0 Å². The second kappa shape index (κ2) is 5.77. The van der Waals surface area contributed by atoms with Crippen LogP contribution < -0.4 is 0 Å². The third-order valence-corrected chi connectivity index (χ3v) is 4.10. The fraction of sp³-hybridized carbons (Fsp3) is 0.429. The van der Waals surface area contributed by atoms with Gasteiger partial charge in [-0.2, -0.15) is 0 Å². The van der Waals surface area contributed by atoms with E-state index in [2.05, 4.69) is 26.3 Å². The van der Waals surface area contributed by atoms with Gasteiger partial charge >= 0.3 is 0 Å². The first kappa shape index (κ1) is 12.7. The van der Waals surface area contributed by atoms with E-state index < -0.39 is 0 Å². The van der Waals surface area contributed by atoms with Gasteiger partial charge in [-0.3, -0.25) is 9.88 Å². The summed E-state index contributed by atoms with van der Waals surface area (Å²) in [7, 11) is 0. The molecular formula is C14H17N3OS. The Hall–Kier alpha value is -1.30. The molecule has 1 aliphatic heterocycles. The smallest absolute Gasteiger partial charge is 0.0898 e. The summed E-state index contributed by atoms with van der Waals surface area (Å²) in [5.41, 5.74) is 2.22. The summed E-state index contributed by atoms with van der Waals surface area (Å²) >= 11 is 1.70. The number of pyridine rings is 1. The number of hydrogen-bond acceptors (Lipinski definition) is 5. The minimum Gasteiger partial charge on any atom is -0.378 e. The summed E-state index contributed by atoms with van der Waals surface area (Å²) in [5.74, 6) is 0. The lowest BCUT2D eigenvalue weighted by Crippen LogP contribution is -2.39. The van der Waals surface area contributed by atoms with E-state index in [1.54, 1.807) is 11.3 Å². The molecule has 4 nitrogen and oxygen atoms in total. The predicted octanol–water partition coefficient (Wildman–Crippen LogP) is 2.42. The van der Waals surface area contributed by atoms with Gasteiger partial charge in [0.15, 0.2) is 0 Å². The van der Waals surface area contributed by atoms with Crippen LogP contribution in [-0.2, 0) is 11.3 Å². The van der Waals surface area contributed by atoms with Crippen molar-refractivity contribution in [3.05, 3.63) is 46.2 Å². The second-order valence-electron chi connectivity index (χ2n) is 4.67. The van der Waals surface area contributed by atoms with Gasteiger partial charge in [-0.1, -0.05) is 6.07 Å². The second-order valence-corrected chi connectivity index (χ2v) is 5.74. The van der Waals surface area contributed by atoms with Crippen molar-refractivity contribution >= 4 is 11.3 Å². The number of morpholine rings is 1. The minimum absolute atomic E-state index is 0.251. The Morgan fingerprint density at radius 3 is 3.16 bits per heavy atom. The normalized spacial score (nSPS) is 20.6. The first-order chi connectivity index (χ1) is 9.33. The molecule has 19 heavy (non-hydrogen) atoms. The van der Waals surface area contributed by atoms with E-state index >= 15 is 0 Å². The van der Waals surface area contributed by atoms with Crippen LogP contribution in [0.3, 0.4) is 0 Å². The first-order valence-corrected chi connectivity index (χ1v) is 7.34. The molecule has 1 unspecified atom stereocenters. The zero-order valence-corrected chi connectivity index (χ0v) is 11.8. The molecule has 0 radical (unpaired) electrons. The number of ether oxygens (including phenoxy) is 1. The van der Waals surface area contributed by atoms with Gasteiger partial charge in [0.1, 0.15) is 0 Å². The average molecular weight is 275 g/mol. The molecule has 1 atom stereocenters. The van der Waals surface area contributed by atoms with Crippen LogP contribution in [0.5, 0.6) is 0 Å². The molecule has 100 valence electrons. The zero-order valence-electron chi connectivity index (χ0n) is 11.0. The van der Waals surface area contributed by atoms with Crippen LogP contribution in [0.15, 0.2) is 29.8 Å². The molecule has 1 aliphatic rings. The summed E-state index contributed by atoms with van der Waals surface area (Å²) in [4.78, 5) is 11.4. The molecule has 5 heteroatoms. The van der Waals surface area contributed by atoms with Crippen molar-refractivity contribution in [2.75, 3.05) is 19.8 Å². The largest absolute Gasteiger partial charge is 0.378 e. The van der Waals surface area contributed by atoms with Crippen molar-refractivity contribution in [1.82, 2.24) is 14.9 Å². The molecule has 0 aliphatic carbocycles. The fourth-order valence-corrected chi connectivity index (χ4v) is 2.99. The molecule has 1 saturated heterocycles. The van der Waals surface area contributed by atoms with Crippen LogP contribution >= 0.6 is 11.3 Å². The van der Waals surface area contributed by atoms with E-state index in [0.717, 1.165) is 42.7 Å². The van der Waals surface area contributed by atoms with Crippen LogP contribution in [0.25, 0.3) is 0 Å². The molecule has 0 saturated carbocycles. The van der Waals surface area contributed by atoms with Crippen molar-refractivity contribution in [1.29, 1.82) is 0 Å². The highest BCUT2D eigenvalue weighted by Crippen LogP contribution is 2.26. The standard InChI is InChI=1S/C14H17N3OS/c1-11-16-13(10-19-11)14-9-18-7-6-17(14)8-12-4-2-3-5-15-12/h2-5,10,14H,6-9H2,1H3. The Kier molecular flexibility index (Phi) is 3.87. The lowest BCUT2D eigenvalue weighted by Gasteiger charge is -2.34. The molecule has 0 N–H and O–H groups in total. The van der Waals surface area contributed by atoms with E-state index in [4.69, 9.17) is 4.74 Å². The SMILES string of the molecule is Cc1nc(C2COCCN2Cc2ccccn2)cs1. The molecule has 3 heterocycles. The Balaban J connectivity index is 1.77. The first-order valence-electron chi connectivity index (χ1n) is 6.46. The summed E-state index contributed by atoms with van der Waals surface area (Å²) < 4.78 is 5.62. The van der Waals surface area contributed by atoms with E-state index in [0.29, 0.717) is 0 Å². The minimum atomic E-state index is 0.251. The van der Waals surface area contributed by atoms with E-state index in [1.807, 2.05) is 25.3 Å². The maximum absolute atomic E-state index is 5.62. The summed E-state index contributed by atoms with van der Waals surface area (Å²) in [5, 5.41) is 3.25. The highest BCUT2D eigenvalue weighted by atomic mass is 32.1. The highest BCUT2D eigenvalue weighted by molar-refractivity contribution is 7.09. The van der Waals surface area contributed by atoms with Gasteiger partial charge < -0.3 is 4.74 Å². The van der Waals surface area contributed by atoms with E-state index in [9.17, 15) is 0 Å². The third kappa shape index (κ3) is 3.00. The van der Waals surface area contributed by atoms with Crippen molar-refractivity contribution < 1.29 is 4.74 Å².